The van der Waals surface area contributed by atoms with Gasteiger partial charge in [-0.1, -0.05) is 17.7 Å². The van der Waals surface area contributed by atoms with Crippen LogP contribution in [0, 0.1) is 13.8 Å². The van der Waals surface area contributed by atoms with Crippen molar-refractivity contribution in [1.82, 2.24) is 0 Å². The van der Waals surface area contributed by atoms with Gasteiger partial charge >= 0.3 is 0 Å². The van der Waals surface area contributed by atoms with Crippen LogP contribution in [0.3, 0.4) is 0 Å². The highest BCUT2D eigenvalue weighted by atomic mass is 16.5. The summed E-state index contributed by atoms with van der Waals surface area (Å²) in [7, 11) is 0. The van der Waals surface area contributed by atoms with Crippen molar-refractivity contribution < 1.29 is 14.6 Å². The molecule has 1 aliphatic heterocycles. The third kappa shape index (κ3) is 2.48. The third-order valence-corrected chi connectivity index (χ3v) is 2.98. The number of ether oxygens (including phenoxy) is 1. The summed E-state index contributed by atoms with van der Waals surface area (Å²) >= 11 is 0. The first-order valence-electron chi connectivity index (χ1n) is 5.72. The van der Waals surface area contributed by atoms with Crippen LogP contribution in [0.25, 0.3) is 0 Å². The van der Waals surface area contributed by atoms with Crippen molar-refractivity contribution >= 4 is 11.6 Å². The minimum Gasteiger partial charge on any atom is -0.394 e. The summed E-state index contributed by atoms with van der Waals surface area (Å²) in [6.07, 6.45) is -0.284. The molecule has 0 bridgehead atoms. The summed E-state index contributed by atoms with van der Waals surface area (Å²) in [5, 5.41) is 9.09. The monoisotopic (exact) mass is 235 g/mol. The molecule has 1 heterocycles. The zero-order valence-corrected chi connectivity index (χ0v) is 10.1. The maximum atomic E-state index is 11.8. The molecular formula is C13H17NO3. The molecule has 0 aliphatic carbocycles. The predicted molar refractivity (Wildman–Crippen MR) is 65.1 cm³/mol. The molecule has 17 heavy (non-hydrogen) atoms. The molecule has 1 unspecified atom stereocenters. The number of carbonyl (C=O) groups excluding carboxylic acids is 1. The number of hydrogen-bond acceptors (Lipinski definition) is 3. The maximum Gasteiger partial charge on any atom is 0.253 e. The first-order valence-corrected chi connectivity index (χ1v) is 5.72. The molecule has 2 rings (SSSR count). The SMILES string of the molecule is Cc1ccc(N2CC(CO)OCC2=O)c(C)c1. The van der Waals surface area contributed by atoms with Gasteiger partial charge in [-0.25, -0.2) is 0 Å². The van der Waals surface area contributed by atoms with E-state index < -0.39 is 0 Å². The van der Waals surface area contributed by atoms with Crippen molar-refractivity contribution in [2.75, 3.05) is 24.7 Å². The van der Waals surface area contributed by atoms with Gasteiger partial charge in [0, 0.05) is 5.69 Å². The van der Waals surface area contributed by atoms with Gasteiger partial charge in [0.2, 0.25) is 0 Å². The van der Waals surface area contributed by atoms with Crippen molar-refractivity contribution in [3.05, 3.63) is 29.3 Å². The van der Waals surface area contributed by atoms with Crippen molar-refractivity contribution in [2.45, 2.75) is 20.0 Å². The van der Waals surface area contributed by atoms with E-state index in [1.54, 1.807) is 4.90 Å². The first-order chi connectivity index (χ1) is 8.11. The summed E-state index contributed by atoms with van der Waals surface area (Å²) in [4.78, 5) is 13.5. The van der Waals surface area contributed by atoms with Gasteiger partial charge in [-0.15, -0.1) is 0 Å². The quantitative estimate of drug-likeness (QED) is 0.833. The molecule has 1 saturated heterocycles. The second-order valence-corrected chi connectivity index (χ2v) is 4.41. The van der Waals surface area contributed by atoms with Gasteiger partial charge in [0.15, 0.2) is 0 Å². The third-order valence-electron chi connectivity index (χ3n) is 2.98. The van der Waals surface area contributed by atoms with E-state index in [1.807, 2.05) is 32.0 Å². The Labute approximate surface area is 101 Å². The van der Waals surface area contributed by atoms with E-state index in [4.69, 9.17) is 9.84 Å². The fraction of sp³-hybridized carbons (Fsp3) is 0.462. The van der Waals surface area contributed by atoms with Crippen molar-refractivity contribution in [3.63, 3.8) is 0 Å². The Bertz CT molecular complexity index is 431. The Hall–Kier alpha value is -1.39. The Balaban J connectivity index is 2.27. The zero-order valence-electron chi connectivity index (χ0n) is 10.1. The number of anilines is 1. The smallest absolute Gasteiger partial charge is 0.253 e. The molecule has 1 fully saturated rings. The minimum absolute atomic E-state index is 0.0402. The number of amides is 1. The van der Waals surface area contributed by atoms with E-state index in [-0.39, 0.29) is 25.2 Å². The molecule has 0 saturated carbocycles. The zero-order chi connectivity index (χ0) is 12.4. The lowest BCUT2D eigenvalue weighted by Gasteiger charge is -2.32. The highest BCUT2D eigenvalue weighted by Gasteiger charge is 2.27. The lowest BCUT2D eigenvalue weighted by Crippen LogP contribution is -2.48. The highest BCUT2D eigenvalue weighted by Crippen LogP contribution is 2.23. The average Bonchev–Trinajstić information content (AvgIpc) is 2.30. The summed E-state index contributed by atoms with van der Waals surface area (Å²) in [5.74, 6) is -0.0540. The van der Waals surface area contributed by atoms with Gasteiger partial charge in [-0.2, -0.15) is 0 Å². The van der Waals surface area contributed by atoms with E-state index in [0.717, 1.165) is 11.3 Å². The Morgan fingerprint density at radius 3 is 2.88 bits per heavy atom. The number of morpholine rings is 1. The number of aryl methyl sites for hydroxylation is 2. The standard InChI is InChI=1S/C13H17NO3/c1-9-3-4-12(10(2)5-9)14-6-11(7-15)17-8-13(14)16/h3-5,11,15H,6-8H2,1-2H3. The molecule has 4 nitrogen and oxygen atoms in total. The van der Waals surface area contributed by atoms with Gasteiger partial charge in [-0.05, 0) is 25.5 Å². The number of aliphatic hydroxyl groups excluding tert-OH is 1. The molecule has 0 spiro atoms. The van der Waals surface area contributed by atoms with Gasteiger partial charge < -0.3 is 14.7 Å². The fourth-order valence-corrected chi connectivity index (χ4v) is 2.08. The minimum atomic E-state index is -0.284. The number of hydrogen-bond donors (Lipinski definition) is 1. The van der Waals surface area contributed by atoms with Crippen LogP contribution < -0.4 is 4.90 Å². The van der Waals surface area contributed by atoms with Crippen LogP contribution in [0.15, 0.2) is 18.2 Å². The molecule has 1 amide bonds. The lowest BCUT2D eigenvalue weighted by molar-refractivity contribution is -0.130. The number of carbonyl (C=O) groups is 1. The van der Waals surface area contributed by atoms with Gasteiger partial charge in [0.05, 0.1) is 19.3 Å². The van der Waals surface area contributed by atoms with Gasteiger partial charge in [0.1, 0.15) is 6.61 Å². The second-order valence-electron chi connectivity index (χ2n) is 4.41. The molecule has 4 heteroatoms. The fourth-order valence-electron chi connectivity index (χ4n) is 2.08. The van der Waals surface area contributed by atoms with Gasteiger partial charge in [0.25, 0.3) is 5.91 Å². The van der Waals surface area contributed by atoms with Crippen molar-refractivity contribution in [3.8, 4) is 0 Å². The van der Waals surface area contributed by atoms with Crippen LogP contribution >= 0.6 is 0 Å². The number of rotatable bonds is 2. The second kappa shape index (κ2) is 4.85. The molecule has 1 aromatic rings. The Kier molecular flexibility index (Phi) is 3.45. The Morgan fingerprint density at radius 2 is 2.24 bits per heavy atom. The summed E-state index contributed by atoms with van der Waals surface area (Å²) < 4.78 is 5.21. The molecule has 0 radical (unpaired) electrons. The Morgan fingerprint density at radius 1 is 1.47 bits per heavy atom. The molecule has 1 atom stereocenters. The van der Waals surface area contributed by atoms with E-state index in [2.05, 4.69) is 0 Å². The molecular weight excluding hydrogens is 218 g/mol. The summed E-state index contributed by atoms with van der Waals surface area (Å²) in [6.45, 7) is 4.40. The maximum absolute atomic E-state index is 11.8. The van der Waals surface area contributed by atoms with E-state index in [1.165, 1.54) is 5.56 Å². The summed E-state index contributed by atoms with van der Waals surface area (Å²) in [5.41, 5.74) is 3.14. The van der Waals surface area contributed by atoms with Crippen molar-refractivity contribution in [1.29, 1.82) is 0 Å². The van der Waals surface area contributed by atoms with E-state index in [0.29, 0.717) is 6.54 Å². The number of aliphatic hydroxyl groups is 1. The molecule has 1 aliphatic rings. The highest BCUT2D eigenvalue weighted by molar-refractivity contribution is 5.95. The molecule has 92 valence electrons. The normalized spacial score (nSPS) is 20.8. The topological polar surface area (TPSA) is 49.8 Å². The summed E-state index contributed by atoms with van der Waals surface area (Å²) in [6, 6.07) is 5.98. The van der Waals surface area contributed by atoms with Crippen LogP contribution in [0.5, 0.6) is 0 Å². The molecule has 0 aromatic heterocycles. The van der Waals surface area contributed by atoms with Crippen molar-refractivity contribution in [2.24, 2.45) is 0 Å². The van der Waals surface area contributed by atoms with E-state index in [9.17, 15) is 4.79 Å². The van der Waals surface area contributed by atoms with Crippen LogP contribution in [-0.4, -0.2) is 36.9 Å². The lowest BCUT2D eigenvalue weighted by atomic mass is 10.1. The molecule has 1 N–H and O–H groups in total. The van der Waals surface area contributed by atoms with Crippen LogP contribution in [0.4, 0.5) is 5.69 Å². The molecule has 1 aromatic carbocycles. The number of benzene rings is 1. The average molecular weight is 235 g/mol. The van der Waals surface area contributed by atoms with Gasteiger partial charge in [-0.3, -0.25) is 4.79 Å². The van der Waals surface area contributed by atoms with Crippen LogP contribution in [0.2, 0.25) is 0 Å². The largest absolute Gasteiger partial charge is 0.394 e. The first kappa shape index (κ1) is 12.1. The van der Waals surface area contributed by atoms with E-state index >= 15 is 0 Å². The predicted octanol–water partition coefficient (Wildman–Crippen LogP) is 1.03. The van der Waals surface area contributed by atoms with Crippen LogP contribution in [-0.2, 0) is 9.53 Å². The number of nitrogens with zero attached hydrogens (tertiary/aromatic N) is 1. The van der Waals surface area contributed by atoms with Crippen LogP contribution in [0.1, 0.15) is 11.1 Å².